The average molecular weight is 235 g/mol. The van der Waals surface area contributed by atoms with Crippen molar-refractivity contribution in [3.8, 4) is 5.75 Å². The Kier molecular flexibility index (Phi) is 4.83. The van der Waals surface area contributed by atoms with Crippen LogP contribution in [-0.2, 0) is 17.6 Å². The van der Waals surface area contributed by atoms with Crippen molar-refractivity contribution < 1.29 is 9.47 Å². The maximum atomic E-state index is 5.70. The Labute approximate surface area is 103 Å². The van der Waals surface area contributed by atoms with Gasteiger partial charge in [-0.15, -0.1) is 0 Å². The summed E-state index contributed by atoms with van der Waals surface area (Å²) in [7, 11) is 0. The Morgan fingerprint density at radius 1 is 1.06 bits per heavy atom. The Bertz CT molecular complexity index is 352. The van der Waals surface area contributed by atoms with E-state index in [1.807, 2.05) is 0 Å². The number of benzene rings is 1. The molecule has 0 aliphatic heterocycles. The van der Waals surface area contributed by atoms with Crippen LogP contribution in [-0.4, -0.2) is 26.4 Å². The lowest BCUT2D eigenvalue weighted by molar-refractivity contribution is 0.126. The van der Waals surface area contributed by atoms with E-state index in [1.165, 1.54) is 30.4 Å². The van der Waals surface area contributed by atoms with E-state index < -0.39 is 0 Å². The van der Waals surface area contributed by atoms with Crippen LogP contribution in [0, 0.1) is 0 Å². The molecule has 0 unspecified atom stereocenters. The number of ether oxygens (including phenoxy) is 2. The molecular weight excluding hydrogens is 214 g/mol. The molecule has 0 fully saturated rings. The van der Waals surface area contributed by atoms with Gasteiger partial charge in [0.15, 0.2) is 0 Å². The van der Waals surface area contributed by atoms with Crippen molar-refractivity contribution in [2.75, 3.05) is 26.4 Å². The van der Waals surface area contributed by atoms with Gasteiger partial charge in [0.25, 0.3) is 0 Å². The van der Waals surface area contributed by atoms with Crippen molar-refractivity contribution in [3.63, 3.8) is 0 Å². The van der Waals surface area contributed by atoms with E-state index in [9.17, 15) is 0 Å². The zero-order valence-corrected chi connectivity index (χ0v) is 10.3. The molecule has 0 saturated heterocycles. The molecule has 0 amide bonds. The van der Waals surface area contributed by atoms with Crippen molar-refractivity contribution in [2.24, 2.45) is 5.73 Å². The third kappa shape index (κ3) is 3.72. The van der Waals surface area contributed by atoms with Crippen molar-refractivity contribution in [1.82, 2.24) is 0 Å². The summed E-state index contributed by atoms with van der Waals surface area (Å²) in [6, 6.07) is 6.45. The average Bonchev–Trinajstić information content (AvgIpc) is 2.81. The fourth-order valence-corrected chi connectivity index (χ4v) is 2.17. The standard InChI is InChI=1S/C14H21NO2/c15-7-10-16-8-2-9-17-14-6-5-12-3-1-4-13(12)11-14/h5-6,11H,1-4,7-10,15H2. The van der Waals surface area contributed by atoms with Gasteiger partial charge in [0.1, 0.15) is 5.75 Å². The van der Waals surface area contributed by atoms with E-state index in [4.69, 9.17) is 15.2 Å². The van der Waals surface area contributed by atoms with E-state index in [1.54, 1.807) is 0 Å². The first-order valence-electron chi connectivity index (χ1n) is 6.42. The Morgan fingerprint density at radius 2 is 1.94 bits per heavy atom. The van der Waals surface area contributed by atoms with Crippen molar-refractivity contribution >= 4 is 0 Å². The lowest BCUT2D eigenvalue weighted by Gasteiger charge is -2.08. The van der Waals surface area contributed by atoms with Crippen molar-refractivity contribution in [3.05, 3.63) is 29.3 Å². The normalized spacial score (nSPS) is 13.7. The molecule has 0 aromatic heterocycles. The molecule has 1 aliphatic carbocycles. The first-order chi connectivity index (χ1) is 8.40. The number of hydrogen-bond acceptors (Lipinski definition) is 3. The second kappa shape index (κ2) is 6.62. The van der Waals surface area contributed by atoms with Crippen LogP contribution in [0.25, 0.3) is 0 Å². The molecular formula is C14H21NO2. The summed E-state index contributed by atoms with van der Waals surface area (Å²) >= 11 is 0. The van der Waals surface area contributed by atoms with Gasteiger partial charge in [0, 0.05) is 19.6 Å². The van der Waals surface area contributed by atoms with Gasteiger partial charge in [0.2, 0.25) is 0 Å². The molecule has 1 aromatic rings. The summed E-state index contributed by atoms with van der Waals surface area (Å²) in [5, 5.41) is 0. The van der Waals surface area contributed by atoms with E-state index >= 15 is 0 Å². The third-order valence-electron chi connectivity index (χ3n) is 3.03. The number of rotatable bonds is 7. The summed E-state index contributed by atoms with van der Waals surface area (Å²) in [5.74, 6) is 0.990. The molecule has 1 aromatic carbocycles. The number of aryl methyl sites for hydroxylation is 2. The lowest BCUT2D eigenvalue weighted by Crippen LogP contribution is -2.10. The van der Waals surface area contributed by atoms with E-state index in [-0.39, 0.29) is 0 Å². The van der Waals surface area contributed by atoms with Gasteiger partial charge < -0.3 is 15.2 Å². The van der Waals surface area contributed by atoms with Gasteiger partial charge in [-0.05, 0) is 42.5 Å². The van der Waals surface area contributed by atoms with E-state index in [0.717, 1.165) is 18.8 Å². The topological polar surface area (TPSA) is 44.5 Å². The molecule has 3 nitrogen and oxygen atoms in total. The number of nitrogens with two attached hydrogens (primary N) is 1. The van der Waals surface area contributed by atoms with Crippen molar-refractivity contribution in [1.29, 1.82) is 0 Å². The number of hydrogen-bond donors (Lipinski definition) is 1. The van der Waals surface area contributed by atoms with Gasteiger partial charge in [-0.3, -0.25) is 0 Å². The highest BCUT2D eigenvalue weighted by molar-refractivity contribution is 5.38. The van der Waals surface area contributed by atoms with E-state index in [0.29, 0.717) is 19.8 Å². The predicted molar refractivity (Wildman–Crippen MR) is 68.5 cm³/mol. The van der Waals surface area contributed by atoms with Crippen LogP contribution in [0.1, 0.15) is 24.0 Å². The second-order valence-electron chi connectivity index (χ2n) is 4.39. The largest absolute Gasteiger partial charge is 0.493 e. The molecule has 2 N–H and O–H groups in total. The fraction of sp³-hybridized carbons (Fsp3) is 0.571. The van der Waals surface area contributed by atoms with Crippen molar-refractivity contribution in [2.45, 2.75) is 25.7 Å². The van der Waals surface area contributed by atoms with Crippen LogP contribution in [0.5, 0.6) is 5.75 Å². The molecule has 94 valence electrons. The first kappa shape index (κ1) is 12.4. The second-order valence-corrected chi connectivity index (χ2v) is 4.39. The molecule has 0 saturated carbocycles. The summed E-state index contributed by atoms with van der Waals surface area (Å²) in [5.41, 5.74) is 8.28. The molecule has 1 aliphatic rings. The Morgan fingerprint density at radius 3 is 2.82 bits per heavy atom. The Balaban J connectivity index is 1.69. The third-order valence-corrected chi connectivity index (χ3v) is 3.03. The smallest absolute Gasteiger partial charge is 0.119 e. The maximum absolute atomic E-state index is 5.70. The monoisotopic (exact) mass is 235 g/mol. The molecule has 0 atom stereocenters. The quantitative estimate of drug-likeness (QED) is 0.734. The van der Waals surface area contributed by atoms with Gasteiger partial charge in [-0.25, -0.2) is 0 Å². The summed E-state index contributed by atoms with van der Waals surface area (Å²) in [6.07, 6.45) is 4.62. The SMILES string of the molecule is NCCOCCCOc1ccc2c(c1)CCC2. The van der Waals surface area contributed by atoms with Gasteiger partial charge in [-0.1, -0.05) is 6.07 Å². The lowest BCUT2D eigenvalue weighted by atomic mass is 10.1. The zero-order valence-electron chi connectivity index (χ0n) is 10.3. The highest BCUT2D eigenvalue weighted by atomic mass is 16.5. The molecule has 0 heterocycles. The molecule has 3 heteroatoms. The number of fused-ring (bicyclic) bond motifs is 1. The zero-order chi connectivity index (χ0) is 11.9. The van der Waals surface area contributed by atoms with Crippen LogP contribution in [0.15, 0.2) is 18.2 Å². The van der Waals surface area contributed by atoms with Crippen LogP contribution < -0.4 is 10.5 Å². The molecule has 17 heavy (non-hydrogen) atoms. The van der Waals surface area contributed by atoms with Crippen LogP contribution in [0.4, 0.5) is 0 Å². The molecule has 0 radical (unpaired) electrons. The van der Waals surface area contributed by atoms with Crippen LogP contribution in [0.3, 0.4) is 0 Å². The highest BCUT2D eigenvalue weighted by Gasteiger charge is 2.10. The van der Waals surface area contributed by atoms with Gasteiger partial charge in [-0.2, -0.15) is 0 Å². The summed E-state index contributed by atoms with van der Waals surface area (Å²) in [6.45, 7) is 2.66. The molecule has 2 rings (SSSR count). The van der Waals surface area contributed by atoms with E-state index in [2.05, 4.69) is 18.2 Å². The highest BCUT2D eigenvalue weighted by Crippen LogP contribution is 2.25. The summed E-state index contributed by atoms with van der Waals surface area (Å²) in [4.78, 5) is 0. The van der Waals surface area contributed by atoms with Gasteiger partial charge >= 0.3 is 0 Å². The molecule has 0 bridgehead atoms. The minimum atomic E-state index is 0.589. The predicted octanol–water partition coefficient (Wildman–Crippen LogP) is 1.92. The van der Waals surface area contributed by atoms with Crippen LogP contribution >= 0.6 is 0 Å². The maximum Gasteiger partial charge on any atom is 0.119 e. The minimum absolute atomic E-state index is 0.589. The fourth-order valence-electron chi connectivity index (χ4n) is 2.17. The Hall–Kier alpha value is -1.06. The van der Waals surface area contributed by atoms with Crippen LogP contribution in [0.2, 0.25) is 0 Å². The minimum Gasteiger partial charge on any atom is -0.493 e. The van der Waals surface area contributed by atoms with Gasteiger partial charge in [0.05, 0.1) is 13.2 Å². The molecule has 0 spiro atoms. The summed E-state index contributed by atoms with van der Waals surface area (Å²) < 4.78 is 11.0. The first-order valence-corrected chi connectivity index (χ1v) is 6.42.